The molecule has 0 heterocycles. The van der Waals surface area contributed by atoms with Crippen molar-refractivity contribution in [1.29, 1.82) is 0 Å². The zero-order valence-corrected chi connectivity index (χ0v) is 39.1. The molecule has 0 bridgehead atoms. The van der Waals surface area contributed by atoms with Crippen molar-refractivity contribution in [2.75, 3.05) is 0 Å². The van der Waals surface area contributed by atoms with Crippen molar-refractivity contribution in [3.8, 4) is 11.5 Å². The average molecular weight is 858 g/mol. The van der Waals surface area contributed by atoms with Crippen molar-refractivity contribution >= 4 is 18.4 Å². The Labute approximate surface area is 371 Å². The molecule has 1 N–H and O–H groups in total. The number of hydrogen-bond acceptors (Lipinski definition) is 7. The van der Waals surface area contributed by atoms with Crippen LogP contribution in [0.3, 0.4) is 0 Å². The van der Waals surface area contributed by atoms with Crippen molar-refractivity contribution < 1.29 is 36.9 Å². The summed E-state index contributed by atoms with van der Waals surface area (Å²) >= 11 is 0. The van der Waals surface area contributed by atoms with E-state index in [1.807, 2.05) is 72.8 Å². The van der Waals surface area contributed by atoms with Crippen LogP contribution in [0.25, 0.3) is 0 Å². The van der Waals surface area contributed by atoms with Crippen molar-refractivity contribution in [2.24, 2.45) is 9.98 Å². The fourth-order valence-corrected chi connectivity index (χ4v) is 7.26. The zero-order valence-electron chi connectivity index (χ0n) is 38.1. The molecule has 0 saturated heterocycles. The van der Waals surface area contributed by atoms with E-state index in [0.717, 1.165) is 59.1 Å². The Morgan fingerprint density at radius 3 is 1.42 bits per heavy atom. The number of nitrogens with zero attached hydrogens (tertiary/aromatic N) is 2. The number of rotatable bonds is 10. The third kappa shape index (κ3) is 14.4. The van der Waals surface area contributed by atoms with Crippen LogP contribution in [0.5, 0.6) is 11.5 Å². The minimum atomic E-state index is -1.05. The minimum Gasteiger partial charge on any atom is -0.872 e. The van der Waals surface area contributed by atoms with E-state index in [1.165, 1.54) is 0 Å². The molecule has 0 aromatic heterocycles. The van der Waals surface area contributed by atoms with Crippen LogP contribution in [0.1, 0.15) is 166 Å². The first-order chi connectivity index (χ1) is 27.4. The summed E-state index contributed by atoms with van der Waals surface area (Å²) in [5, 5.41) is 41.0. The third-order valence-corrected chi connectivity index (χ3v) is 11.1. The van der Waals surface area contributed by atoms with E-state index in [4.69, 9.17) is 9.98 Å². The fourth-order valence-electron chi connectivity index (χ4n) is 7.26. The Kier molecular flexibility index (Phi) is 17.6. The minimum absolute atomic E-state index is 0. The number of benzene rings is 4. The molecule has 7 nitrogen and oxygen atoms in total. The van der Waals surface area contributed by atoms with Gasteiger partial charge >= 0.3 is 16.8 Å². The molecule has 1 aliphatic carbocycles. The monoisotopic (exact) mass is 857 g/mol. The van der Waals surface area contributed by atoms with Crippen LogP contribution in [0.4, 0.5) is 0 Å². The number of aliphatic carboxylic acids is 1. The van der Waals surface area contributed by atoms with Gasteiger partial charge in [0, 0.05) is 37.4 Å². The molecule has 4 aromatic carbocycles. The second-order valence-corrected chi connectivity index (χ2v) is 20.3. The van der Waals surface area contributed by atoms with Gasteiger partial charge in [-0.3, -0.25) is 9.98 Å². The Morgan fingerprint density at radius 1 is 0.650 bits per heavy atom. The van der Waals surface area contributed by atoms with E-state index < -0.39 is 5.97 Å². The van der Waals surface area contributed by atoms with Gasteiger partial charge in [0.05, 0.1) is 12.1 Å². The van der Waals surface area contributed by atoms with Crippen LogP contribution < -0.4 is 20.6 Å². The quantitative estimate of drug-likeness (QED) is 0.159. The second kappa shape index (κ2) is 21.0. The molecule has 5 rings (SSSR count). The SMILES string of the molecule is CC(C)(C)c1cc(C=N[C@@H]2CCCC[C@H]2N=Cc2cc(C(C)(C)C)cc(C(C)(C)C)c2[O-])c([O-])c(C(C)(C)C)c1.O=C([O-])C[C@@H](NCc1ccccc1)c1ccccc1.[Co+3]. The molecule has 3 atom stereocenters. The standard InChI is InChI=1S/C36H54N2O2.C16H17NO2.Co/c1-33(2,3)25-17-23(31(39)27(19-25)35(7,8)9)21-37-29-15-13-14-16-30(29)38-22-24-18-26(34(4,5)6)20-28(32(24)40)36(10,11)12;18-16(19)11-15(14-9-5-2-6-10-14)17-12-13-7-3-1-4-8-13;/h17-22,29-30,39-40H,13-16H2,1-12H3;1-10,15,17H,11-12H2,(H,18,19);/q;;+3/p-3/t29-,30-;15-;/m11./s1. The summed E-state index contributed by atoms with van der Waals surface area (Å²) in [6.45, 7) is 26.2. The van der Waals surface area contributed by atoms with Crippen LogP contribution >= 0.6 is 0 Å². The number of hydrogen-bond donors (Lipinski definition) is 1. The van der Waals surface area contributed by atoms with E-state index in [2.05, 4.69) is 101 Å². The van der Waals surface area contributed by atoms with Gasteiger partial charge in [-0.2, -0.15) is 0 Å². The average Bonchev–Trinajstić information content (AvgIpc) is 3.15. The number of carboxylic acids is 1. The summed E-state index contributed by atoms with van der Waals surface area (Å²) < 4.78 is 0. The van der Waals surface area contributed by atoms with E-state index in [0.29, 0.717) is 17.7 Å². The van der Waals surface area contributed by atoms with E-state index >= 15 is 0 Å². The molecule has 60 heavy (non-hydrogen) atoms. The molecular formula is C52H68CoN3O4. The molecule has 0 unspecified atom stereocenters. The summed E-state index contributed by atoms with van der Waals surface area (Å²) in [6, 6.07) is 27.4. The number of carboxylic acid groups (broad SMARTS) is 1. The first-order valence-electron chi connectivity index (χ1n) is 21.3. The first kappa shape index (κ1) is 50.1. The Hall–Kier alpha value is -4.24. The number of nitrogens with one attached hydrogen (secondary N) is 1. The number of carbonyl (C=O) groups is 1. The van der Waals surface area contributed by atoms with Gasteiger partial charge in [0.25, 0.3) is 0 Å². The van der Waals surface area contributed by atoms with Crippen LogP contribution in [-0.2, 0) is 49.8 Å². The topological polar surface area (TPSA) is 123 Å². The summed E-state index contributed by atoms with van der Waals surface area (Å²) in [6.07, 6.45) is 7.60. The van der Waals surface area contributed by atoms with Gasteiger partial charge in [0.2, 0.25) is 0 Å². The zero-order chi connectivity index (χ0) is 43.8. The Balaban J connectivity index is 0.000000401. The Bertz CT molecular complexity index is 1950. The van der Waals surface area contributed by atoms with Crippen LogP contribution in [0, 0.1) is 0 Å². The van der Waals surface area contributed by atoms with Crippen molar-refractivity contribution in [1.82, 2.24) is 5.32 Å². The molecule has 1 fully saturated rings. The summed E-state index contributed by atoms with van der Waals surface area (Å²) in [5.74, 6) is -0.927. The van der Waals surface area contributed by atoms with Gasteiger partial charge in [-0.1, -0.05) is 192 Å². The predicted molar refractivity (Wildman–Crippen MR) is 240 cm³/mol. The molecule has 4 aromatic rings. The van der Waals surface area contributed by atoms with Gasteiger partial charge in [-0.15, -0.1) is 0 Å². The molecule has 8 heteroatoms. The number of carbonyl (C=O) groups excluding carboxylic acids is 1. The summed E-state index contributed by atoms with van der Waals surface area (Å²) in [5.41, 5.74) is 6.71. The van der Waals surface area contributed by atoms with Crippen molar-refractivity contribution in [3.63, 3.8) is 0 Å². The largest absolute Gasteiger partial charge is 3.00 e. The van der Waals surface area contributed by atoms with Crippen molar-refractivity contribution in [3.05, 3.63) is 129 Å². The van der Waals surface area contributed by atoms with Crippen LogP contribution in [0.15, 0.2) is 94.9 Å². The first-order valence-corrected chi connectivity index (χ1v) is 21.3. The van der Waals surface area contributed by atoms with E-state index in [1.54, 1.807) is 12.4 Å². The molecule has 0 aliphatic heterocycles. The van der Waals surface area contributed by atoms with Gasteiger partial charge < -0.3 is 25.4 Å². The van der Waals surface area contributed by atoms with Gasteiger partial charge in [0.1, 0.15) is 0 Å². The molecule has 324 valence electrons. The third-order valence-electron chi connectivity index (χ3n) is 11.1. The van der Waals surface area contributed by atoms with Gasteiger partial charge in [-0.05, 0) is 79.0 Å². The van der Waals surface area contributed by atoms with E-state index in [-0.39, 0.29) is 74.5 Å². The van der Waals surface area contributed by atoms with Crippen LogP contribution in [-0.4, -0.2) is 30.5 Å². The molecule has 1 saturated carbocycles. The molecule has 0 spiro atoms. The molecular weight excluding hydrogens is 790 g/mol. The maximum absolute atomic E-state index is 13.5. The van der Waals surface area contributed by atoms with E-state index in [9.17, 15) is 20.1 Å². The smallest absolute Gasteiger partial charge is 0.872 e. The normalized spacial score (nSPS) is 16.9. The maximum atomic E-state index is 13.5. The summed E-state index contributed by atoms with van der Waals surface area (Å²) in [4.78, 5) is 20.8. The van der Waals surface area contributed by atoms with Crippen LogP contribution in [0.2, 0.25) is 0 Å². The van der Waals surface area contributed by atoms with Gasteiger partial charge in [0.15, 0.2) is 0 Å². The predicted octanol–water partition coefficient (Wildman–Crippen LogP) is 9.53. The van der Waals surface area contributed by atoms with Crippen molar-refractivity contribution in [2.45, 2.75) is 162 Å². The fraction of sp³-hybridized carbons (Fsp3) is 0.481. The molecule has 1 aliphatic rings. The summed E-state index contributed by atoms with van der Waals surface area (Å²) in [7, 11) is 0. The molecule has 0 amide bonds. The van der Waals surface area contributed by atoms with Gasteiger partial charge in [-0.25, -0.2) is 0 Å². The Morgan fingerprint density at radius 2 is 1.05 bits per heavy atom. The number of aliphatic imine (C=N–C) groups is 2. The maximum Gasteiger partial charge on any atom is 3.00 e. The molecule has 0 radical (unpaired) electrons. The second-order valence-electron chi connectivity index (χ2n) is 20.3.